The summed E-state index contributed by atoms with van der Waals surface area (Å²) in [5.41, 5.74) is 1.64. The van der Waals surface area contributed by atoms with Gasteiger partial charge in [-0.3, -0.25) is 9.59 Å². The number of aliphatic hydroxyl groups excluding tert-OH is 1. The van der Waals surface area contributed by atoms with Crippen LogP contribution < -0.4 is 10.6 Å². The molecule has 0 fully saturated rings. The molecule has 3 N–H and O–H groups in total. The average molecular weight is 344 g/mol. The van der Waals surface area contributed by atoms with E-state index in [2.05, 4.69) is 31.4 Å². The van der Waals surface area contributed by atoms with E-state index in [4.69, 9.17) is 4.42 Å². The van der Waals surface area contributed by atoms with Gasteiger partial charge in [0.15, 0.2) is 0 Å². The predicted octanol–water partition coefficient (Wildman–Crippen LogP) is 2.16. The van der Waals surface area contributed by atoms with Crippen molar-refractivity contribution in [3.05, 3.63) is 59.5 Å². The Morgan fingerprint density at radius 1 is 1.16 bits per heavy atom. The number of furan rings is 1. The number of carbonyl (C=O) groups excluding carboxylic acids is 2. The largest absolute Gasteiger partial charge is 0.467 e. The molecule has 1 heterocycles. The third kappa shape index (κ3) is 5.19. The zero-order valence-electron chi connectivity index (χ0n) is 14.7. The molecule has 25 heavy (non-hydrogen) atoms. The number of nitrogens with one attached hydrogen (secondary N) is 2. The van der Waals surface area contributed by atoms with E-state index in [-0.39, 0.29) is 24.5 Å². The van der Waals surface area contributed by atoms with Crippen molar-refractivity contribution in [1.29, 1.82) is 0 Å². The van der Waals surface area contributed by atoms with E-state index in [1.807, 2.05) is 12.1 Å². The summed E-state index contributed by atoms with van der Waals surface area (Å²) in [5, 5.41) is 14.5. The maximum absolute atomic E-state index is 12.1. The Morgan fingerprint density at radius 2 is 1.84 bits per heavy atom. The van der Waals surface area contributed by atoms with E-state index in [0.29, 0.717) is 11.3 Å². The molecule has 0 bridgehead atoms. The van der Waals surface area contributed by atoms with Gasteiger partial charge in [-0.25, -0.2) is 0 Å². The number of hydrogen-bond donors (Lipinski definition) is 3. The SMILES string of the molecule is CC(C)(C)c1ccc(C(=O)NCC(=O)NC(CO)c2ccco2)cc1. The summed E-state index contributed by atoms with van der Waals surface area (Å²) in [4.78, 5) is 24.1. The number of rotatable bonds is 6. The predicted molar refractivity (Wildman–Crippen MR) is 94.2 cm³/mol. The topological polar surface area (TPSA) is 91.6 Å². The molecular weight excluding hydrogens is 320 g/mol. The van der Waals surface area contributed by atoms with E-state index >= 15 is 0 Å². The van der Waals surface area contributed by atoms with Crippen molar-refractivity contribution < 1.29 is 19.1 Å². The first kappa shape index (κ1) is 18.7. The highest BCUT2D eigenvalue weighted by molar-refractivity contribution is 5.96. The zero-order valence-corrected chi connectivity index (χ0v) is 14.7. The lowest BCUT2D eigenvalue weighted by molar-refractivity contribution is -0.121. The van der Waals surface area contributed by atoms with Crippen molar-refractivity contribution >= 4 is 11.8 Å². The summed E-state index contributed by atoms with van der Waals surface area (Å²) in [6.07, 6.45) is 1.47. The Labute approximate surface area is 147 Å². The van der Waals surface area contributed by atoms with E-state index in [0.717, 1.165) is 5.56 Å². The molecule has 6 nitrogen and oxygen atoms in total. The molecular formula is C19H24N2O4. The minimum atomic E-state index is -0.634. The molecule has 2 rings (SSSR count). The minimum absolute atomic E-state index is 0.0139. The second kappa shape index (κ2) is 7.98. The van der Waals surface area contributed by atoms with Crippen molar-refractivity contribution in [1.82, 2.24) is 10.6 Å². The maximum atomic E-state index is 12.1. The highest BCUT2D eigenvalue weighted by Gasteiger charge is 2.17. The third-order valence-electron chi connectivity index (χ3n) is 3.83. The number of benzene rings is 1. The number of amides is 2. The highest BCUT2D eigenvalue weighted by Crippen LogP contribution is 2.22. The number of aliphatic hydroxyl groups is 1. The molecule has 1 aromatic heterocycles. The smallest absolute Gasteiger partial charge is 0.251 e. The highest BCUT2D eigenvalue weighted by atomic mass is 16.3. The summed E-state index contributed by atoms with van der Waals surface area (Å²) in [7, 11) is 0. The van der Waals surface area contributed by atoms with Crippen LogP contribution in [0.2, 0.25) is 0 Å². The summed E-state index contributed by atoms with van der Waals surface area (Å²) in [6, 6.07) is 10.0. The first-order chi connectivity index (χ1) is 11.8. The molecule has 1 unspecified atom stereocenters. The second-order valence-electron chi connectivity index (χ2n) is 6.83. The van der Waals surface area contributed by atoms with Gasteiger partial charge < -0.3 is 20.2 Å². The lowest BCUT2D eigenvalue weighted by Crippen LogP contribution is -2.39. The zero-order chi connectivity index (χ0) is 18.4. The molecule has 2 amide bonds. The van der Waals surface area contributed by atoms with Crippen LogP contribution in [0.3, 0.4) is 0 Å². The van der Waals surface area contributed by atoms with Crippen molar-refractivity contribution in [2.24, 2.45) is 0 Å². The molecule has 0 spiro atoms. The number of hydrogen-bond acceptors (Lipinski definition) is 4. The summed E-state index contributed by atoms with van der Waals surface area (Å²) in [5.74, 6) is -0.274. The van der Waals surface area contributed by atoms with E-state index in [9.17, 15) is 14.7 Å². The molecule has 0 aliphatic carbocycles. The molecule has 6 heteroatoms. The molecule has 0 aliphatic heterocycles. The fraction of sp³-hybridized carbons (Fsp3) is 0.368. The first-order valence-corrected chi connectivity index (χ1v) is 8.13. The fourth-order valence-electron chi connectivity index (χ4n) is 2.33. The summed E-state index contributed by atoms with van der Waals surface area (Å²) in [6.45, 7) is 5.83. The van der Waals surface area contributed by atoms with Crippen molar-refractivity contribution in [2.45, 2.75) is 32.2 Å². The molecule has 0 radical (unpaired) electrons. The van der Waals surface area contributed by atoms with Gasteiger partial charge in [0.05, 0.1) is 19.4 Å². The first-order valence-electron chi connectivity index (χ1n) is 8.13. The van der Waals surface area contributed by atoms with Crippen LogP contribution in [0.15, 0.2) is 47.1 Å². The lowest BCUT2D eigenvalue weighted by Gasteiger charge is -2.19. The third-order valence-corrected chi connectivity index (χ3v) is 3.83. The normalized spacial score (nSPS) is 12.5. The Hall–Kier alpha value is -2.60. The molecule has 1 aromatic carbocycles. The van der Waals surface area contributed by atoms with Gasteiger partial charge in [0.25, 0.3) is 5.91 Å². The van der Waals surface area contributed by atoms with E-state index in [1.165, 1.54) is 6.26 Å². The van der Waals surface area contributed by atoms with Crippen molar-refractivity contribution in [3.63, 3.8) is 0 Å². The summed E-state index contributed by atoms with van der Waals surface area (Å²) >= 11 is 0. The Morgan fingerprint density at radius 3 is 2.36 bits per heavy atom. The Kier molecular flexibility index (Phi) is 5.98. The Balaban J connectivity index is 1.87. The van der Waals surface area contributed by atoms with E-state index in [1.54, 1.807) is 24.3 Å². The fourth-order valence-corrected chi connectivity index (χ4v) is 2.33. The van der Waals surface area contributed by atoms with Gasteiger partial charge in [0.1, 0.15) is 11.8 Å². The van der Waals surface area contributed by atoms with Gasteiger partial charge in [-0.15, -0.1) is 0 Å². The maximum Gasteiger partial charge on any atom is 0.251 e. The quantitative estimate of drug-likeness (QED) is 0.749. The molecule has 134 valence electrons. The van der Waals surface area contributed by atoms with Crippen molar-refractivity contribution in [2.75, 3.05) is 13.2 Å². The van der Waals surface area contributed by atoms with Crippen LogP contribution in [-0.2, 0) is 10.2 Å². The van der Waals surface area contributed by atoms with Gasteiger partial charge in [0, 0.05) is 5.56 Å². The Bertz CT molecular complexity index is 700. The van der Waals surface area contributed by atoms with Crippen LogP contribution in [0.1, 0.15) is 48.5 Å². The van der Waals surface area contributed by atoms with Crippen LogP contribution in [0, 0.1) is 0 Å². The molecule has 0 saturated heterocycles. The molecule has 2 aromatic rings. The van der Waals surface area contributed by atoms with Crippen LogP contribution in [0.4, 0.5) is 0 Å². The van der Waals surface area contributed by atoms with Gasteiger partial charge in [-0.1, -0.05) is 32.9 Å². The van der Waals surface area contributed by atoms with Crippen LogP contribution in [-0.4, -0.2) is 30.1 Å². The van der Waals surface area contributed by atoms with Gasteiger partial charge in [0.2, 0.25) is 5.91 Å². The lowest BCUT2D eigenvalue weighted by atomic mass is 9.87. The van der Waals surface area contributed by atoms with Gasteiger partial charge in [-0.2, -0.15) is 0 Å². The van der Waals surface area contributed by atoms with Crippen LogP contribution in [0.5, 0.6) is 0 Å². The number of carbonyl (C=O) groups is 2. The van der Waals surface area contributed by atoms with E-state index < -0.39 is 11.9 Å². The average Bonchev–Trinajstić information content (AvgIpc) is 3.11. The molecule has 0 saturated carbocycles. The van der Waals surface area contributed by atoms with Crippen molar-refractivity contribution in [3.8, 4) is 0 Å². The standard InChI is InChI=1S/C19H24N2O4/c1-19(2,3)14-8-6-13(7-9-14)18(24)20-11-17(23)21-15(12-22)16-5-4-10-25-16/h4-10,15,22H,11-12H2,1-3H3,(H,20,24)(H,21,23). The van der Waals surface area contributed by atoms with Gasteiger partial charge >= 0.3 is 0 Å². The van der Waals surface area contributed by atoms with Crippen LogP contribution in [0.25, 0.3) is 0 Å². The molecule has 1 atom stereocenters. The minimum Gasteiger partial charge on any atom is -0.467 e. The molecule has 0 aliphatic rings. The second-order valence-corrected chi connectivity index (χ2v) is 6.83. The summed E-state index contributed by atoms with van der Waals surface area (Å²) < 4.78 is 5.16. The van der Waals surface area contributed by atoms with Gasteiger partial charge in [-0.05, 0) is 35.2 Å². The monoisotopic (exact) mass is 344 g/mol. The van der Waals surface area contributed by atoms with Crippen LogP contribution >= 0.6 is 0 Å².